The maximum atomic E-state index is 13.2. The lowest BCUT2D eigenvalue weighted by molar-refractivity contribution is 0.0783. The van der Waals surface area contributed by atoms with E-state index in [0.29, 0.717) is 0 Å². The molecule has 0 aliphatic carbocycles. The van der Waals surface area contributed by atoms with Gasteiger partial charge in [0.1, 0.15) is 0 Å². The Morgan fingerprint density at radius 3 is 2.21 bits per heavy atom. The molecule has 4 nitrogen and oxygen atoms in total. The van der Waals surface area contributed by atoms with Crippen LogP contribution in [0.4, 0.5) is 8.78 Å². The maximum Gasteiger partial charge on any atom is 0.252 e. The van der Waals surface area contributed by atoms with Crippen LogP contribution < -0.4 is 5.32 Å². The minimum absolute atomic E-state index is 0.0757. The van der Waals surface area contributed by atoms with Crippen molar-refractivity contribution in [3.8, 4) is 5.75 Å². The smallest absolute Gasteiger partial charge is 0.252 e. The second-order valence-electron chi connectivity index (χ2n) is 4.97. The molecular weight excluding hydrogens is 256 g/mol. The maximum absolute atomic E-state index is 13.2. The molecular formula is C13H17F2NO3. The predicted molar refractivity (Wildman–Crippen MR) is 65.8 cm³/mol. The van der Waals surface area contributed by atoms with E-state index in [0.717, 1.165) is 12.1 Å². The molecule has 1 rings (SSSR count). The first-order valence-electron chi connectivity index (χ1n) is 5.82. The lowest BCUT2D eigenvalue weighted by atomic mass is 9.89. The van der Waals surface area contributed by atoms with E-state index in [1.165, 1.54) is 0 Å². The molecule has 0 unspecified atom stereocenters. The van der Waals surface area contributed by atoms with Gasteiger partial charge in [-0.15, -0.1) is 0 Å². The van der Waals surface area contributed by atoms with Crippen molar-refractivity contribution in [1.82, 2.24) is 5.32 Å². The van der Waals surface area contributed by atoms with E-state index < -0.39 is 28.8 Å². The first kappa shape index (κ1) is 15.4. The first-order valence-corrected chi connectivity index (χ1v) is 5.82. The Labute approximate surface area is 110 Å². The highest BCUT2D eigenvalue weighted by atomic mass is 19.1. The molecule has 0 aromatic heterocycles. The van der Waals surface area contributed by atoms with E-state index in [2.05, 4.69) is 5.32 Å². The van der Waals surface area contributed by atoms with Crippen LogP contribution in [0.3, 0.4) is 0 Å². The number of benzene rings is 1. The van der Waals surface area contributed by atoms with Crippen molar-refractivity contribution in [2.24, 2.45) is 5.92 Å². The molecule has 0 fully saturated rings. The number of rotatable bonds is 4. The van der Waals surface area contributed by atoms with Crippen molar-refractivity contribution >= 4 is 5.91 Å². The van der Waals surface area contributed by atoms with Gasteiger partial charge in [-0.1, -0.05) is 13.8 Å². The number of carbonyl (C=O) groups excluding carboxylic acids is 1. The van der Waals surface area contributed by atoms with Crippen molar-refractivity contribution in [1.29, 1.82) is 0 Å². The van der Waals surface area contributed by atoms with Gasteiger partial charge >= 0.3 is 0 Å². The minimum Gasteiger partial charge on any atom is -0.503 e. The Bertz CT molecular complexity index is 468. The second kappa shape index (κ2) is 5.52. The van der Waals surface area contributed by atoms with Crippen molar-refractivity contribution in [3.05, 3.63) is 29.3 Å². The standard InChI is InChI=1S/C13H17F2NO3/c1-7(2)13(3,6-17)16-12(19)8-4-9(14)11(18)10(15)5-8/h4-5,7,17-18H,6H2,1-3H3,(H,16,19)/t13-/m1/s1. The zero-order valence-corrected chi connectivity index (χ0v) is 11.0. The Kier molecular flexibility index (Phi) is 4.47. The number of amides is 1. The molecule has 106 valence electrons. The third kappa shape index (κ3) is 3.20. The van der Waals surface area contributed by atoms with Gasteiger partial charge in [0.15, 0.2) is 17.4 Å². The summed E-state index contributed by atoms with van der Waals surface area (Å²) < 4.78 is 26.3. The third-order valence-corrected chi connectivity index (χ3v) is 3.28. The van der Waals surface area contributed by atoms with Crippen LogP contribution in [0.1, 0.15) is 31.1 Å². The van der Waals surface area contributed by atoms with Crippen molar-refractivity contribution in [2.75, 3.05) is 6.61 Å². The lowest BCUT2D eigenvalue weighted by Gasteiger charge is -2.32. The summed E-state index contributed by atoms with van der Waals surface area (Å²) in [5.74, 6) is -4.33. The van der Waals surface area contributed by atoms with Gasteiger partial charge < -0.3 is 15.5 Å². The highest BCUT2D eigenvalue weighted by Gasteiger charge is 2.30. The number of hydrogen-bond donors (Lipinski definition) is 3. The fraction of sp³-hybridized carbons (Fsp3) is 0.462. The molecule has 1 amide bonds. The molecule has 1 aromatic rings. The average Bonchev–Trinajstić information content (AvgIpc) is 2.34. The fourth-order valence-electron chi connectivity index (χ4n) is 1.39. The fourth-order valence-corrected chi connectivity index (χ4v) is 1.39. The van der Waals surface area contributed by atoms with Gasteiger partial charge in [-0.05, 0) is 25.0 Å². The Hall–Kier alpha value is -1.69. The zero-order valence-electron chi connectivity index (χ0n) is 11.0. The summed E-state index contributed by atoms with van der Waals surface area (Å²) in [5, 5.41) is 20.8. The topological polar surface area (TPSA) is 69.6 Å². The summed E-state index contributed by atoms with van der Waals surface area (Å²) in [5.41, 5.74) is -1.16. The number of aliphatic hydroxyl groups is 1. The normalized spacial score (nSPS) is 14.3. The largest absolute Gasteiger partial charge is 0.503 e. The molecule has 1 atom stereocenters. The monoisotopic (exact) mass is 273 g/mol. The summed E-state index contributed by atoms with van der Waals surface area (Å²) in [6.07, 6.45) is 0. The van der Waals surface area contributed by atoms with Gasteiger partial charge in [0.05, 0.1) is 12.1 Å². The first-order chi connectivity index (χ1) is 8.71. The van der Waals surface area contributed by atoms with Crippen LogP contribution in [-0.4, -0.2) is 28.3 Å². The van der Waals surface area contributed by atoms with Crippen LogP contribution in [0, 0.1) is 17.6 Å². The summed E-state index contributed by atoms with van der Waals surface area (Å²) in [6, 6.07) is 1.48. The van der Waals surface area contributed by atoms with Gasteiger partial charge in [-0.25, -0.2) is 8.78 Å². The number of carbonyl (C=O) groups is 1. The summed E-state index contributed by atoms with van der Waals surface area (Å²) in [4.78, 5) is 11.9. The molecule has 19 heavy (non-hydrogen) atoms. The van der Waals surface area contributed by atoms with E-state index >= 15 is 0 Å². The molecule has 6 heteroatoms. The highest BCUT2D eigenvalue weighted by Crippen LogP contribution is 2.22. The van der Waals surface area contributed by atoms with E-state index in [9.17, 15) is 18.7 Å². The second-order valence-corrected chi connectivity index (χ2v) is 4.97. The van der Waals surface area contributed by atoms with Crippen molar-refractivity contribution in [2.45, 2.75) is 26.3 Å². The van der Waals surface area contributed by atoms with Gasteiger partial charge in [-0.2, -0.15) is 0 Å². The average molecular weight is 273 g/mol. The molecule has 0 radical (unpaired) electrons. The number of phenolic OH excluding ortho intramolecular Hbond substituents is 1. The van der Waals surface area contributed by atoms with Gasteiger partial charge in [0.2, 0.25) is 0 Å². The zero-order chi connectivity index (χ0) is 14.8. The van der Waals surface area contributed by atoms with Gasteiger partial charge in [0, 0.05) is 5.56 Å². The Balaban J connectivity index is 3.02. The van der Waals surface area contributed by atoms with E-state index in [4.69, 9.17) is 5.11 Å². The molecule has 0 aliphatic rings. The Morgan fingerprint density at radius 1 is 1.37 bits per heavy atom. The molecule has 0 heterocycles. The molecule has 0 spiro atoms. The lowest BCUT2D eigenvalue weighted by Crippen LogP contribution is -2.52. The molecule has 1 aromatic carbocycles. The van der Waals surface area contributed by atoms with Crippen LogP contribution in [-0.2, 0) is 0 Å². The van der Waals surface area contributed by atoms with E-state index in [1.807, 2.05) is 0 Å². The number of aromatic hydroxyl groups is 1. The summed E-state index contributed by atoms with van der Waals surface area (Å²) in [7, 11) is 0. The molecule has 3 N–H and O–H groups in total. The number of nitrogens with one attached hydrogen (secondary N) is 1. The number of aliphatic hydroxyl groups excluding tert-OH is 1. The van der Waals surface area contributed by atoms with Crippen molar-refractivity contribution in [3.63, 3.8) is 0 Å². The Morgan fingerprint density at radius 2 is 1.84 bits per heavy atom. The van der Waals surface area contributed by atoms with Crippen LogP contribution in [0.25, 0.3) is 0 Å². The van der Waals surface area contributed by atoms with Gasteiger partial charge in [0.25, 0.3) is 5.91 Å². The van der Waals surface area contributed by atoms with E-state index in [1.54, 1.807) is 20.8 Å². The van der Waals surface area contributed by atoms with Crippen LogP contribution >= 0.6 is 0 Å². The SMILES string of the molecule is CC(C)[C@@](C)(CO)NC(=O)c1cc(F)c(O)c(F)c1. The minimum atomic E-state index is -1.21. The van der Waals surface area contributed by atoms with E-state index in [-0.39, 0.29) is 18.1 Å². The molecule has 0 saturated heterocycles. The van der Waals surface area contributed by atoms with Crippen LogP contribution in [0.15, 0.2) is 12.1 Å². The molecule has 0 saturated carbocycles. The van der Waals surface area contributed by atoms with Crippen LogP contribution in [0.2, 0.25) is 0 Å². The number of halogens is 2. The highest BCUT2D eigenvalue weighted by molar-refractivity contribution is 5.94. The van der Waals surface area contributed by atoms with Crippen LogP contribution in [0.5, 0.6) is 5.75 Å². The molecule has 0 bridgehead atoms. The van der Waals surface area contributed by atoms with Crippen molar-refractivity contribution < 1.29 is 23.8 Å². The quantitative estimate of drug-likeness (QED) is 0.783. The number of phenols is 1. The molecule has 0 aliphatic heterocycles. The summed E-state index contributed by atoms with van der Waals surface area (Å²) >= 11 is 0. The third-order valence-electron chi connectivity index (χ3n) is 3.28. The van der Waals surface area contributed by atoms with Gasteiger partial charge in [-0.3, -0.25) is 4.79 Å². The number of hydrogen-bond acceptors (Lipinski definition) is 3. The summed E-state index contributed by atoms with van der Waals surface area (Å²) in [6.45, 7) is 4.92. The predicted octanol–water partition coefficient (Wildman–Crippen LogP) is 1.81.